The summed E-state index contributed by atoms with van der Waals surface area (Å²) in [5.74, 6) is 1.40. The molecule has 0 aromatic carbocycles. The Morgan fingerprint density at radius 2 is 1.88 bits per heavy atom. The first-order valence-electron chi connectivity index (χ1n) is 6.93. The summed E-state index contributed by atoms with van der Waals surface area (Å²) >= 11 is 0. The Kier molecular flexibility index (Phi) is 5.42. The van der Waals surface area contributed by atoms with Crippen molar-refractivity contribution in [3.05, 3.63) is 0 Å². The van der Waals surface area contributed by atoms with Gasteiger partial charge in [0.2, 0.25) is 0 Å². The van der Waals surface area contributed by atoms with Gasteiger partial charge in [0.05, 0.1) is 12.1 Å². The van der Waals surface area contributed by atoms with Crippen molar-refractivity contribution in [2.75, 3.05) is 26.8 Å². The summed E-state index contributed by atoms with van der Waals surface area (Å²) in [7, 11) is 1.78. The van der Waals surface area contributed by atoms with Gasteiger partial charge in [-0.3, -0.25) is 4.90 Å². The first kappa shape index (κ1) is 14.9. The van der Waals surface area contributed by atoms with Gasteiger partial charge in [-0.15, -0.1) is 0 Å². The summed E-state index contributed by atoms with van der Waals surface area (Å²) in [6.45, 7) is 11.6. The molecule has 3 nitrogen and oxygen atoms in total. The quantitative estimate of drug-likeness (QED) is 0.708. The van der Waals surface area contributed by atoms with Gasteiger partial charge in [0, 0.05) is 26.2 Å². The molecule has 0 bridgehead atoms. The van der Waals surface area contributed by atoms with Gasteiger partial charge in [-0.1, -0.05) is 13.8 Å². The van der Waals surface area contributed by atoms with E-state index >= 15 is 0 Å². The van der Waals surface area contributed by atoms with Crippen LogP contribution in [-0.4, -0.2) is 43.3 Å². The molecule has 0 heterocycles. The van der Waals surface area contributed by atoms with Crippen LogP contribution in [0.2, 0.25) is 0 Å². The van der Waals surface area contributed by atoms with E-state index in [1.165, 1.54) is 19.4 Å². The third-order valence-electron chi connectivity index (χ3n) is 4.17. The van der Waals surface area contributed by atoms with Gasteiger partial charge >= 0.3 is 0 Å². The fourth-order valence-electron chi connectivity index (χ4n) is 2.73. The zero-order valence-electron chi connectivity index (χ0n) is 12.2. The van der Waals surface area contributed by atoms with E-state index in [2.05, 4.69) is 32.6 Å². The summed E-state index contributed by atoms with van der Waals surface area (Å²) < 4.78 is 5.47. The van der Waals surface area contributed by atoms with Crippen LogP contribution in [0.1, 0.15) is 40.5 Å². The largest absolute Gasteiger partial charge is 0.383 e. The Balaban J connectivity index is 2.87. The average molecular weight is 242 g/mol. The highest BCUT2D eigenvalue weighted by molar-refractivity contribution is 4.98. The van der Waals surface area contributed by atoms with Gasteiger partial charge in [0.1, 0.15) is 0 Å². The normalized spacial score (nSPS) is 20.3. The molecule has 3 heteroatoms. The van der Waals surface area contributed by atoms with Gasteiger partial charge in [0.15, 0.2) is 0 Å². The van der Waals surface area contributed by atoms with Crippen LogP contribution in [0.5, 0.6) is 0 Å². The maximum Gasteiger partial charge on any atom is 0.0661 e. The molecule has 0 aliphatic heterocycles. The van der Waals surface area contributed by atoms with E-state index < -0.39 is 0 Å². The summed E-state index contributed by atoms with van der Waals surface area (Å²) in [5, 5.41) is 0. The van der Waals surface area contributed by atoms with Gasteiger partial charge in [-0.25, -0.2) is 0 Å². The highest BCUT2D eigenvalue weighted by Crippen LogP contribution is 2.35. The van der Waals surface area contributed by atoms with E-state index in [4.69, 9.17) is 10.5 Å². The third-order valence-corrected chi connectivity index (χ3v) is 4.17. The topological polar surface area (TPSA) is 38.5 Å². The monoisotopic (exact) mass is 242 g/mol. The van der Waals surface area contributed by atoms with E-state index in [9.17, 15) is 0 Å². The maximum atomic E-state index is 6.11. The number of hydrogen-bond donors (Lipinski definition) is 1. The maximum absolute atomic E-state index is 6.11. The Morgan fingerprint density at radius 1 is 1.29 bits per heavy atom. The molecule has 102 valence electrons. The molecule has 0 aromatic rings. The first-order valence-corrected chi connectivity index (χ1v) is 6.93. The van der Waals surface area contributed by atoms with Crippen molar-refractivity contribution >= 4 is 0 Å². The number of nitrogens with two attached hydrogens (primary N) is 1. The predicted molar refractivity (Wildman–Crippen MR) is 73.1 cm³/mol. The Bertz CT molecular complexity index is 226. The summed E-state index contributed by atoms with van der Waals surface area (Å²) in [6.07, 6.45) is 2.77. The van der Waals surface area contributed by atoms with Crippen LogP contribution in [-0.2, 0) is 4.74 Å². The summed E-state index contributed by atoms with van der Waals surface area (Å²) in [5.41, 5.74) is 6.10. The molecule has 0 radical (unpaired) electrons. The summed E-state index contributed by atoms with van der Waals surface area (Å²) in [6, 6.07) is 0.525. The molecular formula is C14H30N2O. The molecule has 1 atom stereocenters. The highest BCUT2D eigenvalue weighted by atomic mass is 16.5. The molecule has 1 saturated carbocycles. The highest BCUT2D eigenvalue weighted by Gasteiger charge is 2.42. The van der Waals surface area contributed by atoms with E-state index in [1.54, 1.807) is 7.11 Å². The molecule has 1 rings (SSSR count). The minimum atomic E-state index is -0.00843. The van der Waals surface area contributed by atoms with Crippen molar-refractivity contribution < 1.29 is 4.74 Å². The van der Waals surface area contributed by atoms with Crippen molar-refractivity contribution in [3.63, 3.8) is 0 Å². The lowest BCUT2D eigenvalue weighted by molar-refractivity contribution is -0.0362. The van der Waals surface area contributed by atoms with E-state index in [1.807, 2.05) is 0 Å². The first-order chi connectivity index (χ1) is 7.97. The predicted octanol–water partition coefficient (Wildman–Crippen LogP) is 2.11. The van der Waals surface area contributed by atoms with Crippen molar-refractivity contribution in [2.45, 2.75) is 52.1 Å². The van der Waals surface area contributed by atoms with E-state index in [-0.39, 0.29) is 5.54 Å². The molecule has 0 spiro atoms. The van der Waals surface area contributed by atoms with Crippen LogP contribution in [0.4, 0.5) is 0 Å². The van der Waals surface area contributed by atoms with Crippen molar-refractivity contribution in [1.29, 1.82) is 0 Å². The van der Waals surface area contributed by atoms with Crippen LogP contribution in [0, 0.1) is 11.8 Å². The second kappa shape index (κ2) is 6.17. The molecule has 1 unspecified atom stereocenters. The van der Waals surface area contributed by atoms with E-state index in [0.29, 0.717) is 18.5 Å². The third kappa shape index (κ3) is 3.43. The van der Waals surface area contributed by atoms with Crippen molar-refractivity contribution in [3.8, 4) is 0 Å². The minimum absolute atomic E-state index is 0.00843. The second-order valence-electron chi connectivity index (χ2n) is 6.08. The molecule has 17 heavy (non-hydrogen) atoms. The Morgan fingerprint density at radius 3 is 2.18 bits per heavy atom. The lowest BCUT2D eigenvalue weighted by atomic mass is 9.84. The molecule has 0 saturated heterocycles. The fraction of sp³-hybridized carbons (Fsp3) is 1.00. The van der Waals surface area contributed by atoms with Crippen LogP contribution >= 0.6 is 0 Å². The van der Waals surface area contributed by atoms with Gasteiger partial charge < -0.3 is 10.5 Å². The lowest BCUT2D eigenvalue weighted by Crippen LogP contribution is -2.62. The van der Waals surface area contributed by atoms with Crippen molar-refractivity contribution in [2.24, 2.45) is 17.6 Å². The fourth-order valence-corrected chi connectivity index (χ4v) is 2.73. The van der Waals surface area contributed by atoms with Crippen LogP contribution < -0.4 is 5.73 Å². The second-order valence-corrected chi connectivity index (χ2v) is 6.08. The minimum Gasteiger partial charge on any atom is -0.383 e. The molecule has 1 fully saturated rings. The zero-order chi connectivity index (χ0) is 13.1. The number of nitrogens with zero attached hydrogens (tertiary/aromatic N) is 1. The Hall–Kier alpha value is -0.120. The molecule has 0 amide bonds. The number of ether oxygens (including phenoxy) is 1. The lowest BCUT2D eigenvalue weighted by Gasteiger charge is -2.48. The van der Waals surface area contributed by atoms with Gasteiger partial charge in [-0.2, -0.15) is 0 Å². The zero-order valence-corrected chi connectivity index (χ0v) is 12.2. The molecular weight excluding hydrogens is 212 g/mol. The smallest absolute Gasteiger partial charge is 0.0661 e. The summed E-state index contributed by atoms with van der Waals surface area (Å²) in [4.78, 5) is 2.58. The molecule has 0 aromatic heterocycles. The van der Waals surface area contributed by atoms with Crippen LogP contribution in [0.15, 0.2) is 0 Å². The van der Waals surface area contributed by atoms with Gasteiger partial charge in [-0.05, 0) is 38.5 Å². The van der Waals surface area contributed by atoms with Crippen LogP contribution in [0.3, 0.4) is 0 Å². The Labute approximate surface area is 107 Å². The van der Waals surface area contributed by atoms with Crippen molar-refractivity contribution in [1.82, 2.24) is 4.90 Å². The van der Waals surface area contributed by atoms with Gasteiger partial charge in [0.25, 0.3) is 0 Å². The average Bonchev–Trinajstić information content (AvgIpc) is 3.06. The molecule has 1 aliphatic rings. The standard InChI is InChI=1S/C14H30N2O/c1-11(2)14(9-15,10-17-5)16(12(3)4)8-13-6-7-13/h11-13H,6-10,15H2,1-5H3. The SMILES string of the molecule is COCC(CN)(C(C)C)N(CC1CC1)C(C)C. The number of rotatable bonds is 8. The number of methoxy groups -OCH3 is 1. The molecule has 2 N–H and O–H groups in total. The van der Waals surface area contributed by atoms with Crippen LogP contribution in [0.25, 0.3) is 0 Å². The molecule has 1 aliphatic carbocycles. The number of hydrogen-bond acceptors (Lipinski definition) is 3. The van der Waals surface area contributed by atoms with E-state index in [0.717, 1.165) is 12.5 Å².